The Kier molecular flexibility index (Phi) is 5.32. The third-order valence-electron chi connectivity index (χ3n) is 4.32. The third kappa shape index (κ3) is 2.90. The van der Waals surface area contributed by atoms with E-state index in [-0.39, 0.29) is 24.2 Å². The lowest BCUT2D eigenvalue weighted by Crippen LogP contribution is -2.70. The van der Waals surface area contributed by atoms with Gasteiger partial charge in [-0.2, -0.15) is 0 Å². The van der Waals surface area contributed by atoms with E-state index in [4.69, 9.17) is 0 Å². The zero-order chi connectivity index (χ0) is 14.6. The van der Waals surface area contributed by atoms with Gasteiger partial charge in [0.1, 0.15) is 11.6 Å². The predicted octanol–water partition coefficient (Wildman–Crippen LogP) is 1.89. The first-order chi connectivity index (χ1) is 8.92. The molecule has 1 fully saturated rings. The van der Waals surface area contributed by atoms with Crippen molar-refractivity contribution in [1.29, 1.82) is 0 Å². The molecule has 1 N–H and O–H groups in total. The Bertz CT molecular complexity index is 348. The minimum atomic E-state index is -0.851. The van der Waals surface area contributed by atoms with Crippen LogP contribution >= 0.6 is 0 Å². The van der Waals surface area contributed by atoms with Gasteiger partial charge >= 0.3 is 0 Å². The van der Waals surface area contributed by atoms with Gasteiger partial charge in [-0.1, -0.05) is 27.2 Å². The molecule has 3 unspecified atom stereocenters. The summed E-state index contributed by atoms with van der Waals surface area (Å²) in [6.07, 6.45) is 1.63. The molecule has 0 spiro atoms. The van der Waals surface area contributed by atoms with Crippen LogP contribution in [0.1, 0.15) is 47.0 Å². The van der Waals surface area contributed by atoms with Crippen LogP contribution in [0.2, 0.25) is 0 Å². The summed E-state index contributed by atoms with van der Waals surface area (Å²) >= 11 is 0. The first-order valence-corrected chi connectivity index (χ1v) is 7.10. The molecule has 1 aliphatic rings. The molecule has 0 aliphatic carbocycles. The Morgan fingerprint density at radius 1 is 1.42 bits per heavy atom. The molecule has 0 saturated carbocycles. The van der Waals surface area contributed by atoms with Crippen LogP contribution in [0.4, 0.5) is 4.39 Å². The van der Waals surface area contributed by atoms with E-state index in [0.29, 0.717) is 13.0 Å². The van der Waals surface area contributed by atoms with Gasteiger partial charge in [-0.05, 0) is 25.7 Å². The number of nitrogens with one attached hydrogen (secondary N) is 1. The maximum atomic E-state index is 12.5. The van der Waals surface area contributed by atoms with Gasteiger partial charge in [-0.3, -0.25) is 14.0 Å². The first kappa shape index (κ1) is 15.9. The summed E-state index contributed by atoms with van der Waals surface area (Å²) in [6.45, 7) is 7.40. The molecule has 0 bridgehead atoms. The van der Waals surface area contributed by atoms with E-state index in [0.717, 1.165) is 6.42 Å². The van der Waals surface area contributed by atoms with Gasteiger partial charge < -0.3 is 10.2 Å². The maximum absolute atomic E-state index is 12.5. The number of hydrogen-bond acceptors (Lipinski definition) is 2. The molecule has 110 valence electrons. The van der Waals surface area contributed by atoms with Gasteiger partial charge in [-0.25, -0.2) is 0 Å². The molecule has 3 atom stereocenters. The van der Waals surface area contributed by atoms with Crippen molar-refractivity contribution >= 4 is 11.8 Å². The second kappa shape index (κ2) is 6.35. The van der Waals surface area contributed by atoms with Crippen LogP contribution in [0.15, 0.2) is 0 Å². The number of hydrogen-bond donors (Lipinski definition) is 1. The van der Waals surface area contributed by atoms with Crippen molar-refractivity contribution in [2.75, 3.05) is 13.2 Å². The third-order valence-corrected chi connectivity index (χ3v) is 4.32. The van der Waals surface area contributed by atoms with Gasteiger partial charge in [0.05, 0.1) is 6.67 Å². The van der Waals surface area contributed by atoms with Crippen LogP contribution in [0.5, 0.6) is 0 Å². The molecular formula is C14H25FN2O2. The molecule has 1 aliphatic heterocycles. The molecule has 5 heteroatoms. The topological polar surface area (TPSA) is 49.4 Å². The van der Waals surface area contributed by atoms with E-state index < -0.39 is 18.3 Å². The standard InChI is InChI=1S/C14H25FN2O2/c1-5-10(3)11-12(18)17(9-7-8-15)14(4,6-2)13(19)16-11/h10-11H,5-9H2,1-4H3,(H,16,19). The lowest BCUT2D eigenvalue weighted by molar-refractivity contribution is -0.158. The highest BCUT2D eigenvalue weighted by atomic mass is 19.1. The van der Waals surface area contributed by atoms with Crippen molar-refractivity contribution in [2.24, 2.45) is 5.92 Å². The smallest absolute Gasteiger partial charge is 0.246 e. The number of nitrogens with zero attached hydrogens (tertiary/aromatic N) is 1. The summed E-state index contributed by atoms with van der Waals surface area (Å²) in [7, 11) is 0. The molecule has 1 heterocycles. The van der Waals surface area contributed by atoms with Crippen LogP contribution in [-0.4, -0.2) is 41.5 Å². The van der Waals surface area contributed by atoms with Crippen LogP contribution < -0.4 is 5.32 Å². The second-order valence-corrected chi connectivity index (χ2v) is 5.50. The number of alkyl halides is 1. The highest BCUT2D eigenvalue weighted by Gasteiger charge is 2.48. The summed E-state index contributed by atoms with van der Waals surface area (Å²) in [5.41, 5.74) is -0.851. The van der Waals surface area contributed by atoms with Crippen LogP contribution in [0, 0.1) is 5.92 Å². The molecule has 0 aromatic carbocycles. The van der Waals surface area contributed by atoms with E-state index in [2.05, 4.69) is 5.32 Å². The van der Waals surface area contributed by atoms with Crippen molar-refractivity contribution in [3.05, 3.63) is 0 Å². The van der Waals surface area contributed by atoms with Crippen molar-refractivity contribution in [2.45, 2.75) is 58.5 Å². The number of carbonyl (C=O) groups is 2. The van der Waals surface area contributed by atoms with Crippen molar-refractivity contribution in [1.82, 2.24) is 10.2 Å². The summed E-state index contributed by atoms with van der Waals surface area (Å²) in [6, 6.07) is -0.475. The van der Waals surface area contributed by atoms with E-state index in [1.165, 1.54) is 0 Å². The largest absolute Gasteiger partial charge is 0.342 e. The molecule has 2 amide bonds. The summed E-state index contributed by atoms with van der Waals surface area (Å²) in [4.78, 5) is 26.4. The van der Waals surface area contributed by atoms with Gasteiger partial charge in [0.15, 0.2) is 0 Å². The van der Waals surface area contributed by atoms with E-state index in [9.17, 15) is 14.0 Å². The molecule has 0 aromatic heterocycles. The lowest BCUT2D eigenvalue weighted by Gasteiger charge is -2.47. The maximum Gasteiger partial charge on any atom is 0.246 e. The molecule has 4 nitrogen and oxygen atoms in total. The SMILES string of the molecule is CCC(C)C1NC(=O)C(C)(CC)N(CCCF)C1=O. The number of halogens is 1. The van der Waals surface area contributed by atoms with Crippen LogP contribution in [-0.2, 0) is 9.59 Å². The predicted molar refractivity (Wildman–Crippen MR) is 72.4 cm³/mol. The Balaban J connectivity index is 3.01. The highest BCUT2D eigenvalue weighted by Crippen LogP contribution is 2.28. The van der Waals surface area contributed by atoms with E-state index in [1.807, 2.05) is 20.8 Å². The number of rotatable bonds is 6. The van der Waals surface area contributed by atoms with Gasteiger partial charge in [-0.15, -0.1) is 0 Å². The lowest BCUT2D eigenvalue weighted by atomic mass is 9.86. The first-order valence-electron chi connectivity index (χ1n) is 7.10. The fourth-order valence-corrected chi connectivity index (χ4v) is 2.44. The zero-order valence-electron chi connectivity index (χ0n) is 12.3. The van der Waals surface area contributed by atoms with Crippen LogP contribution in [0.25, 0.3) is 0 Å². The fourth-order valence-electron chi connectivity index (χ4n) is 2.44. The second-order valence-electron chi connectivity index (χ2n) is 5.50. The van der Waals surface area contributed by atoms with Crippen molar-refractivity contribution < 1.29 is 14.0 Å². The Labute approximate surface area is 114 Å². The quantitative estimate of drug-likeness (QED) is 0.802. The fraction of sp³-hybridized carbons (Fsp3) is 0.857. The van der Waals surface area contributed by atoms with E-state index >= 15 is 0 Å². The molecule has 0 radical (unpaired) electrons. The van der Waals surface area contributed by atoms with Gasteiger partial charge in [0.2, 0.25) is 11.8 Å². The normalized spacial score (nSPS) is 29.3. The van der Waals surface area contributed by atoms with Gasteiger partial charge in [0.25, 0.3) is 0 Å². The Morgan fingerprint density at radius 3 is 2.53 bits per heavy atom. The minimum Gasteiger partial charge on any atom is -0.342 e. The Morgan fingerprint density at radius 2 is 2.05 bits per heavy atom. The highest BCUT2D eigenvalue weighted by molar-refractivity contribution is 5.99. The number of piperazine rings is 1. The van der Waals surface area contributed by atoms with Crippen LogP contribution in [0.3, 0.4) is 0 Å². The van der Waals surface area contributed by atoms with E-state index in [1.54, 1.807) is 11.8 Å². The summed E-state index contributed by atoms with van der Waals surface area (Å²) < 4.78 is 12.4. The Hall–Kier alpha value is -1.13. The molecular weight excluding hydrogens is 247 g/mol. The van der Waals surface area contributed by atoms with Crippen molar-refractivity contribution in [3.63, 3.8) is 0 Å². The molecule has 19 heavy (non-hydrogen) atoms. The minimum absolute atomic E-state index is 0.0771. The van der Waals surface area contributed by atoms with Crippen molar-refractivity contribution in [3.8, 4) is 0 Å². The zero-order valence-corrected chi connectivity index (χ0v) is 12.3. The monoisotopic (exact) mass is 272 g/mol. The average molecular weight is 272 g/mol. The average Bonchev–Trinajstić information content (AvgIpc) is 2.41. The summed E-state index contributed by atoms with van der Waals surface area (Å²) in [5, 5.41) is 2.84. The van der Waals surface area contributed by atoms with Gasteiger partial charge in [0, 0.05) is 6.54 Å². The molecule has 0 aromatic rings. The molecule has 1 rings (SSSR count). The summed E-state index contributed by atoms with van der Waals surface area (Å²) in [5.74, 6) is -0.115. The number of carbonyl (C=O) groups excluding carboxylic acids is 2. The molecule has 1 saturated heterocycles. The number of amides is 2.